The first-order valence-electron chi connectivity index (χ1n) is 11.3. The highest BCUT2D eigenvalue weighted by Gasteiger charge is 2.44. The zero-order valence-electron chi connectivity index (χ0n) is 19.7. The van der Waals surface area contributed by atoms with Crippen molar-refractivity contribution < 1.29 is 49.1 Å². The van der Waals surface area contributed by atoms with E-state index in [-0.39, 0.29) is 31.0 Å². The third-order valence-corrected chi connectivity index (χ3v) is 5.87. The lowest BCUT2D eigenvalue weighted by atomic mass is 10.1. The number of alkyl halides is 6. The molecule has 0 bridgehead atoms. The van der Waals surface area contributed by atoms with Crippen molar-refractivity contribution in [2.75, 3.05) is 18.0 Å². The maximum Gasteiger partial charge on any atom is 0.408 e. The van der Waals surface area contributed by atoms with Crippen LogP contribution >= 0.6 is 0 Å². The van der Waals surface area contributed by atoms with Gasteiger partial charge in [-0.1, -0.05) is 0 Å². The molecule has 0 spiro atoms. The van der Waals surface area contributed by atoms with Crippen LogP contribution in [0.1, 0.15) is 16.8 Å². The summed E-state index contributed by atoms with van der Waals surface area (Å²) in [6.45, 7) is 0.311. The largest absolute Gasteiger partial charge is 0.408 e. The minimum atomic E-state index is -5.42. The van der Waals surface area contributed by atoms with Crippen LogP contribution in [0.4, 0.5) is 50.1 Å². The molecule has 4 rings (SSSR count). The van der Waals surface area contributed by atoms with E-state index in [9.17, 15) is 53.9 Å². The maximum absolute atomic E-state index is 14.8. The lowest BCUT2D eigenvalue weighted by Gasteiger charge is -2.23. The van der Waals surface area contributed by atoms with Crippen molar-refractivity contribution in [3.8, 4) is 5.69 Å². The molecule has 2 aromatic heterocycles. The van der Waals surface area contributed by atoms with Gasteiger partial charge in [-0.25, -0.2) is 36.1 Å². The molecule has 2 atom stereocenters. The SMILES string of the molecule is O=C(NC(CC(F)C(F)F)C(F)(F)F)c1cn(-c2c(F)cc(F)cc2F)c2nc(N3CCNC3=O)ccc2c1=O. The number of pyridine rings is 2. The zero-order valence-corrected chi connectivity index (χ0v) is 19.7. The molecule has 2 N–H and O–H groups in total. The number of hydrogen-bond donors (Lipinski definition) is 2. The Labute approximate surface area is 217 Å². The van der Waals surface area contributed by atoms with Gasteiger partial charge >= 0.3 is 12.2 Å². The summed E-state index contributed by atoms with van der Waals surface area (Å²) < 4.78 is 122. The van der Waals surface area contributed by atoms with Crippen LogP contribution in [-0.2, 0) is 0 Å². The summed E-state index contributed by atoms with van der Waals surface area (Å²) in [4.78, 5) is 43.1. The highest BCUT2D eigenvalue weighted by atomic mass is 19.4. The Morgan fingerprint density at radius 3 is 2.27 bits per heavy atom. The molecule has 8 nitrogen and oxygen atoms in total. The highest BCUT2D eigenvalue weighted by Crippen LogP contribution is 2.28. The summed E-state index contributed by atoms with van der Waals surface area (Å²) in [6, 6.07) is -1.19. The third kappa shape index (κ3) is 5.53. The van der Waals surface area contributed by atoms with E-state index >= 15 is 0 Å². The Bertz CT molecular complexity index is 1520. The van der Waals surface area contributed by atoms with E-state index in [2.05, 4.69) is 10.3 Å². The number of carbonyl (C=O) groups excluding carboxylic acids is 2. The summed E-state index contributed by atoms with van der Waals surface area (Å²) in [5.41, 5.74) is -4.13. The van der Waals surface area contributed by atoms with E-state index in [1.807, 2.05) is 0 Å². The maximum atomic E-state index is 14.8. The summed E-state index contributed by atoms with van der Waals surface area (Å²) >= 11 is 0. The monoisotopic (exact) mass is 581 g/mol. The molecule has 3 aromatic rings. The molecule has 1 fully saturated rings. The van der Waals surface area contributed by atoms with Crippen LogP contribution in [-0.4, -0.2) is 59.4 Å². The number of nitrogens with one attached hydrogen (secondary N) is 2. The van der Waals surface area contributed by atoms with Gasteiger partial charge in [0.15, 0.2) is 23.5 Å². The number of amides is 3. The van der Waals surface area contributed by atoms with Crippen molar-refractivity contribution >= 4 is 28.8 Å². The van der Waals surface area contributed by atoms with Crippen molar-refractivity contribution in [3.63, 3.8) is 0 Å². The number of aromatic nitrogens is 2. The molecule has 40 heavy (non-hydrogen) atoms. The van der Waals surface area contributed by atoms with Crippen molar-refractivity contribution in [2.45, 2.75) is 31.2 Å². The lowest BCUT2D eigenvalue weighted by Crippen LogP contribution is -2.48. The molecular weight excluding hydrogens is 565 g/mol. The summed E-state index contributed by atoms with van der Waals surface area (Å²) in [5.74, 6) is -6.43. The van der Waals surface area contributed by atoms with E-state index in [0.717, 1.165) is 17.0 Å². The Hall–Kier alpha value is -4.31. The number of rotatable bonds is 7. The van der Waals surface area contributed by atoms with Gasteiger partial charge in [-0.15, -0.1) is 0 Å². The topological polar surface area (TPSA) is 96.3 Å². The van der Waals surface area contributed by atoms with Crippen LogP contribution in [0.3, 0.4) is 0 Å². The number of urea groups is 1. The first-order chi connectivity index (χ1) is 18.7. The van der Waals surface area contributed by atoms with E-state index < -0.39 is 88.3 Å². The Kier molecular flexibility index (Phi) is 7.67. The minimum Gasteiger partial charge on any atom is -0.340 e. The molecule has 214 valence electrons. The second-order valence-electron chi connectivity index (χ2n) is 8.54. The molecule has 3 heterocycles. The summed E-state index contributed by atoms with van der Waals surface area (Å²) in [5, 5.41) is 3.16. The zero-order chi connectivity index (χ0) is 29.5. The van der Waals surface area contributed by atoms with E-state index in [0.29, 0.717) is 10.8 Å². The fraction of sp³-hybridized carbons (Fsp3) is 0.304. The predicted octanol–water partition coefficient (Wildman–Crippen LogP) is 3.99. The van der Waals surface area contributed by atoms with Gasteiger partial charge in [-0.05, 0) is 12.1 Å². The fourth-order valence-electron chi connectivity index (χ4n) is 3.97. The van der Waals surface area contributed by atoms with Crippen molar-refractivity contribution in [3.05, 3.63) is 63.7 Å². The average Bonchev–Trinajstić information content (AvgIpc) is 3.29. The van der Waals surface area contributed by atoms with E-state index in [1.54, 1.807) is 0 Å². The van der Waals surface area contributed by atoms with Crippen LogP contribution in [0.25, 0.3) is 16.7 Å². The number of carbonyl (C=O) groups is 2. The van der Waals surface area contributed by atoms with Gasteiger partial charge in [0.2, 0.25) is 5.43 Å². The Morgan fingerprint density at radius 2 is 1.73 bits per heavy atom. The van der Waals surface area contributed by atoms with E-state index in [4.69, 9.17) is 0 Å². The normalized spacial score (nSPS) is 15.4. The van der Waals surface area contributed by atoms with Gasteiger partial charge in [-0.2, -0.15) is 13.2 Å². The Balaban J connectivity index is 1.90. The minimum absolute atomic E-state index is 0.106. The molecule has 0 radical (unpaired) electrons. The molecular formula is C23H16F9N5O3. The molecule has 3 amide bonds. The van der Waals surface area contributed by atoms with Gasteiger partial charge in [0, 0.05) is 37.8 Å². The first-order valence-corrected chi connectivity index (χ1v) is 11.3. The van der Waals surface area contributed by atoms with Crippen LogP contribution in [0.15, 0.2) is 35.3 Å². The van der Waals surface area contributed by atoms with Gasteiger partial charge in [0.25, 0.3) is 12.3 Å². The average molecular weight is 581 g/mol. The molecule has 1 aliphatic rings. The number of nitrogens with zero attached hydrogens (tertiary/aromatic N) is 3. The van der Waals surface area contributed by atoms with Crippen LogP contribution in [0, 0.1) is 17.5 Å². The second kappa shape index (κ2) is 10.7. The molecule has 1 saturated heterocycles. The molecule has 1 aromatic carbocycles. The molecule has 0 aliphatic carbocycles. The predicted molar refractivity (Wildman–Crippen MR) is 121 cm³/mol. The number of fused-ring (bicyclic) bond motifs is 1. The van der Waals surface area contributed by atoms with Crippen molar-refractivity contribution in [1.29, 1.82) is 0 Å². The third-order valence-electron chi connectivity index (χ3n) is 5.87. The van der Waals surface area contributed by atoms with Crippen LogP contribution in [0.2, 0.25) is 0 Å². The van der Waals surface area contributed by atoms with Crippen LogP contribution in [0.5, 0.6) is 0 Å². The van der Waals surface area contributed by atoms with Crippen LogP contribution < -0.4 is 21.0 Å². The first kappa shape index (κ1) is 28.7. The summed E-state index contributed by atoms with van der Waals surface area (Å²) in [6.07, 6.45) is -14.0. The van der Waals surface area contributed by atoms with Gasteiger partial charge in [-0.3, -0.25) is 19.1 Å². The Morgan fingerprint density at radius 1 is 1.07 bits per heavy atom. The fourth-order valence-corrected chi connectivity index (χ4v) is 3.97. The van der Waals surface area contributed by atoms with Gasteiger partial charge < -0.3 is 10.6 Å². The number of benzene rings is 1. The quantitative estimate of drug-likeness (QED) is 0.413. The molecule has 2 unspecified atom stereocenters. The van der Waals surface area contributed by atoms with Crippen molar-refractivity contribution in [2.24, 2.45) is 0 Å². The standard InChI is InChI=1S/C23H16F9N5O3/c24-9-5-12(25)17(13(26)6-9)37-8-11(21(39)34-15(23(30,31)32)7-14(27)19(28)29)18(38)10-1-2-16(35-20(10)37)36-4-3-33-22(36)40/h1-2,5-6,8,14-15,19H,3-4,7H2,(H,33,40)(H,34,39). The van der Waals surface area contributed by atoms with E-state index in [1.165, 1.54) is 5.32 Å². The van der Waals surface area contributed by atoms with Gasteiger partial charge in [0.1, 0.15) is 28.9 Å². The smallest absolute Gasteiger partial charge is 0.340 e. The van der Waals surface area contributed by atoms with Gasteiger partial charge in [0.05, 0.1) is 5.39 Å². The highest BCUT2D eigenvalue weighted by molar-refractivity contribution is 5.98. The number of hydrogen-bond acceptors (Lipinski definition) is 4. The summed E-state index contributed by atoms with van der Waals surface area (Å²) in [7, 11) is 0. The van der Waals surface area contributed by atoms with Crippen molar-refractivity contribution in [1.82, 2.24) is 20.2 Å². The second-order valence-corrected chi connectivity index (χ2v) is 8.54. The molecule has 0 saturated carbocycles. The molecule has 17 heteroatoms. The number of halogens is 9. The molecule has 1 aliphatic heterocycles. The number of anilines is 1. The lowest BCUT2D eigenvalue weighted by molar-refractivity contribution is -0.160.